The van der Waals surface area contributed by atoms with E-state index in [1.165, 1.54) is 36.0 Å². The summed E-state index contributed by atoms with van der Waals surface area (Å²) in [5.74, 6) is -0.249. The van der Waals surface area contributed by atoms with E-state index in [2.05, 4.69) is 15.5 Å². The fraction of sp³-hybridized carbons (Fsp3) is 0.167. The van der Waals surface area contributed by atoms with Gasteiger partial charge in [-0.2, -0.15) is 13.2 Å². The monoisotopic (exact) mass is 411 g/mol. The highest BCUT2D eigenvalue weighted by Gasteiger charge is 2.30. The Morgan fingerprint density at radius 3 is 2.36 bits per heavy atom. The van der Waals surface area contributed by atoms with E-state index in [1.54, 1.807) is 12.1 Å². The van der Waals surface area contributed by atoms with Crippen LogP contribution in [0.5, 0.6) is 0 Å². The number of alkyl halides is 3. The van der Waals surface area contributed by atoms with Crippen LogP contribution in [-0.4, -0.2) is 21.9 Å². The highest BCUT2D eigenvalue weighted by atomic mass is 32.2. The fourth-order valence-corrected chi connectivity index (χ4v) is 3.02. The molecule has 1 amide bonds. The first kappa shape index (κ1) is 19.9. The van der Waals surface area contributed by atoms with Gasteiger partial charge < -0.3 is 4.42 Å². The Bertz CT molecular complexity index is 941. The fourth-order valence-electron chi connectivity index (χ4n) is 2.17. The Morgan fingerprint density at radius 2 is 1.71 bits per heavy atom. The van der Waals surface area contributed by atoms with Gasteiger partial charge >= 0.3 is 12.2 Å². The molecule has 2 aromatic carbocycles. The highest BCUT2D eigenvalue weighted by Crippen LogP contribution is 2.31. The first-order valence-corrected chi connectivity index (χ1v) is 8.99. The molecule has 0 bridgehead atoms. The number of anilines is 1. The average molecular weight is 411 g/mol. The third-order valence-electron chi connectivity index (χ3n) is 3.54. The standard InChI is InChI=1S/C18H13F4N3O2S/c19-13-5-7-14(8-6-13)28-10-9-15(26)23-17-25-24-16(27-17)11-1-3-12(4-2-11)18(20,21)22/h1-8H,9-10H2,(H,23,25,26). The smallest absolute Gasteiger partial charge is 0.403 e. The van der Waals surface area contributed by atoms with Crippen molar-refractivity contribution in [3.05, 3.63) is 59.9 Å². The van der Waals surface area contributed by atoms with Crippen LogP contribution in [0.1, 0.15) is 12.0 Å². The van der Waals surface area contributed by atoms with Crippen molar-refractivity contribution in [2.45, 2.75) is 17.5 Å². The van der Waals surface area contributed by atoms with Gasteiger partial charge in [-0.3, -0.25) is 10.1 Å². The van der Waals surface area contributed by atoms with Gasteiger partial charge in [0.25, 0.3) is 0 Å². The molecule has 1 N–H and O–H groups in total. The zero-order valence-electron chi connectivity index (χ0n) is 14.2. The first-order chi connectivity index (χ1) is 13.3. The molecule has 146 valence electrons. The quantitative estimate of drug-likeness (QED) is 0.456. The number of carbonyl (C=O) groups is 1. The van der Waals surface area contributed by atoms with Crippen LogP contribution in [0.3, 0.4) is 0 Å². The third-order valence-corrected chi connectivity index (χ3v) is 4.56. The number of carbonyl (C=O) groups excluding carboxylic acids is 1. The number of thioether (sulfide) groups is 1. The Morgan fingerprint density at radius 1 is 1.04 bits per heavy atom. The predicted molar refractivity (Wildman–Crippen MR) is 95.1 cm³/mol. The molecule has 0 aliphatic heterocycles. The maximum Gasteiger partial charge on any atom is 0.416 e. The van der Waals surface area contributed by atoms with Gasteiger partial charge in [0.15, 0.2) is 0 Å². The zero-order valence-corrected chi connectivity index (χ0v) is 15.0. The average Bonchev–Trinajstić information content (AvgIpc) is 3.11. The molecule has 1 aromatic heterocycles. The molecule has 0 saturated carbocycles. The minimum Gasteiger partial charge on any atom is -0.403 e. The molecule has 10 heteroatoms. The number of benzene rings is 2. The van der Waals surface area contributed by atoms with Crippen molar-refractivity contribution in [2.75, 3.05) is 11.1 Å². The van der Waals surface area contributed by atoms with Crippen molar-refractivity contribution in [3.63, 3.8) is 0 Å². The Labute approximate surface area is 161 Å². The van der Waals surface area contributed by atoms with Gasteiger partial charge in [0.05, 0.1) is 5.56 Å². The Hall–Kier alpha value is -2.88. The van der Waals surface area contributed by atoms with Crippen LogP contribution in [0, 0.1) is 5.82 Å². The van der Waals surface area contributed by atoms with E-state index in [4.69, 9.17) is 4.42 Å². The van der Waals surface area contributed by atoms with Gasteiger partial charge in [-0.25, -0.2) is 4.39 Å². The number of rotatable bonds is 6. The molecule has 28 heavy (non-hydrogen) atoms. The zero-order chi connectivity index (χ0) is 20.1. The van der Waals surface area contributed by atoms with E-state index >= 15 is 0 Å². The van der Waals surface area contributed by atoms with Crippen molar-refractivity contribution < 1.29 is 26.8 Å². The lowest BCUT2D eigenvalue weighted by atomic mass is 10.1. The highest BCUT2D eigenvalue weighted by molar-refractivity contribution is 7.99. The third kappa shape index (κ3) is 5.32. The Balaban J connectivity index is 1.52. The molecular formula is C18H13F4N3O2S. The summed E-state index contributed by atoms with van der Waals surface area (Å²) in [5, 5.41) is 9.81. The van der Waals surface area contributed by atoms with Gasteiger partial charge in [-0.05, 0) is 48.5 Å². The van der Waals surface area contributed by atoms with Gasteiger partial charge in [-0.15, -0.1) is 16.9 Å². The molecule has 0 aliphatic rings. The van der Waals surface area contributed by atoms with Gasteiger partial charge in [0.2, 0.25) is 11.8 Å². The van der Waals surface area contributed by atoms with Crippen molar-refractivity contribution in [3.8, 4) is 11.5 Å². The van der Waals surface area contributed by atoms with Gasteiger partial charge in [0, 0.05) is 22.6 Å². The van der Waals surface area contributed by atoms with Crippen LogP contribution in [-0.2, 0) is 11.0 Å². The van der Waals surface area contributed by atoms with E-state index in [9.17, 15) is 22.4 Å². The number of nitrogens with one attached hydrogen (secondary N) is 1. The van der Waals surface area contributed by atoms with E-state index in [-0.39, 0.29) is 30.1 Å². The minimum absolute atomic E-state index is 0.00953. The number of nitrogens with zero attached hydrogens (tertiary/aromatic N) is 2. The van der Waals surface area contributed by atoms with Crippen molar-refractivity contribution in [1.82, 2.24) is 10.2 Å². The maximum absolute atomic E-state index is 12.8. The molecule has 0 aliphatic carbocycles. The number of hydrogen-bond acceptors (Lipinski definition) is 5. The SMILES string of the molecule is O=C(CCSc1ccc(F)cc1)Nc1nnc(-c2ccc(C(F)(F)F)cc2)o1. The van der Waals surface area contributed by atoms with Crippen molar-refractivity contribution in [1.29, 1.82) is 0 Å². The number of amides is 1. The molecule has 1 heterocycles. The van der Waals surface area contributed by atoms with Gasteiger partial charge in [0.1, 0.15) is 5.82 Å². The van der Waals surface area contributed by atoms with Gasteiger partial charge in [-0.1, -0.05) is 5.10 Å². The summed E-state index contributed by atoms with van der Waals surface area (Å²) in [7, 11) is 0. The summed E-state index contributed by atoms with van der Waals surface area (Å²) in [5.41, 5.74) is -0.490. The molecule has 0 radical (unpaired) electrons. The molecule has 3 rings (SSSR count). The van der Waals surface area contributed by atoms with Crippen LogP contribution in [0.25, 0.3) is 11.5 Å². The lowest BCUT2D eigenvalue weighted by Crippen LogP contribution is -2.12. The van der Waals surface area contributed by atoms with Crippen LogP contribution in [0.4, 0.5) is 23.6 Å². The molecule has 5 nitrogen and oxygen atoms in total. The molecule has 0 unspecified atom stereocenters. The first-order valence-electron chi connectivity index (χ1n) is 8.00. The van der Waals surface area contributed by atoms with E-state index in [0.717, 1.165) is 17.0 Å². The number of hydrogen-bond donors (Lipinski definition) is 1. The maximum atomic E-state index is 12.8. The Kier molecular flexibility index (Phi) is 5.98. The minimum atomic E-state index is -4.43. The molecule has 0 atom stereocenters. The second-order valence-electron chi connectivity index (χ2n) is 5.59. The van der Waals surface area contributed by atoms with Crippen LogP contribution in [0.15, 0.2) is 57.8 Å². The van der Waals surface area contributed by atoms with Crippen LogP contribution >= 0.6 is 11.8 Å². The molecule has 0 spiro atoms. The number of halogens is 4. The van der Waals surface area contributed by atoms with Crippen molar-refractivity contribution >= 4 is 23.7 Å². The lowest BCUT2D eigenvalue weighted by molar-refractivity contribution is -0.137. The summed E-state index contributed by atoms with van der Waals surface area (Å²) >= 11 is 1.39. The van der Waals surface area contributed by atoms with E-state index < -0.39 is 11.7 Å². The summed E-state index contributed by atoms with van der Waals surface area (Å²) in [6, 6.07) is 10.00. The summed E-state index contributed by atoms with van der Waals surface area (Å²) in [6.07, 6.45) is -4.28. The topological polar surface area (TPSA) is 68.0 Å². The molecule has 0 saturated heterocycles. The second-order valence-corrected chi connectivity index (χ2v) is 6.76. The largest absolute Gasteiger partial charge is 0.416 e. The molecule has 3 aromatic rings. The summed E-state index contributed by atoms with van der Waals surface area (Å²) < 4.78 is 55.8. The summed E-state index contributed by atoms with van der Waals surface area (Å²) in [6.45, 7) is 0. The predicted octanol–water partition coefficient (Wildman–Crippen LogP) is 5.02. The number of aromatic nitrogens is 2. The van der Waals surface area contributed by atoms with E-state index in [0.29, 0.717) is 11.3 Å². The van der Waals surface area contributed by atoms with Crippen molar-refractivity contribution in [2.24, 2.45) is 0 Å². The lowest BCUT2D eigenvalue weighted by Gasteiger charge is -2.05. The second kappa shape index (κ2) is 8.42. The molecular weight excluding hydrogens is 398 g/mol. The van der Waals surface area contributed by atoms with E-state index in [1.807, 2.05) is 0 Å². The molecule has 0 fully saturated rings. The van der Waals surface area contributed by atoms with Crippen LogP contribution < -0.4 is 5.32 Å². The summed E-state index contributed by atoms with van der Waals surface area (Å²) in [4.78, 5) is 12.8. The normalized spacial score (nSPS) is 11.4. The van der Waals surface area contributed by atoms with Crippen LogP contribution in [0.2, 0.25) is 0 Å².